The number of carbonyl (C=O) groups is 2. The quantitative estimate of drug-likeness (QED) is 0.830. The smallest absolute Gasteiger partial charge is 0.255 e. The van der Waals surface area contributed by atoms with Gasteiger partial charge in [0.05, 0.1) is 11.5 Å². The fourth-order valence-electron chi connectivity index (χ4n) is 4.30. The van der Waals surface area contributed by atoms with E-state index in [1.165, 1.54) is 29.9 Å². The number of piperidine rings is 1. The minimum absolute atomic E-state index is 0.0738. The maximum absolute atomic E-state index is 12.9. The van der Waals surface area contributed by atoms with E-state index in [1.807, 2.05) is 4.90 Å². The Morgan fingerprint density at radius 1 is 1.12 bits per heavy atom. The molecule has 0 radical (unpaired) electrons. The number of carbonyl (C=O) groups excluding carboxylic acids is 2. The molecule has 5 rings (SSSR count). The molecule has 1 aromatic rings. The molecule has 3 saturated heterocycles. The first-order valence-corrected chi connectivity index (χ1v) is 9.29. The molecular formula is C19H25N3O3. The second kappa shape index (κ2) is 6.32. The molecule has 1 saturated carbocycles. The lowest BCUT2D eigenvalue weighted by Gasteiger charge is -2.40. The van der Waals surface area contributed by atoms with E-state index in [2.05, 4.69) is 4.90 Å². The van der Waals surface area contributed by atoms with Crippen LogP contribution in [0.25, 0.3) is 0 Å². The molecule has 4 heterocycles. The molecular weight excluding hydrogens is 318 g/mol. The van der Waals surface area contributed by atoms with E-state index in [9.17, 15) is 14.4 Å². The SMILES string of the molecule is Cn1cc(C(=O)N2C[C@H]3CC[C@@H](C2)N(CC2CCC2)C3=O)ccc1=O. The normalized spacial score (nSPS) is 26.5. The zero-order chi connectivity index (χ0) is 17.6. The van der Waals surface area contributed by atoms with Crippen LogP contribution >= 0.6 is 0 Å². The minimum Gasteiger partial charge on any atom is -0.337 e. The van der Waals surface area contributed by atoms with Gasteiger partial charge >= 0.3 is 0 Å². The van der Waals surface area contributed by atoms with Crippen molar-refractivity contribution < 1.29 is 9.59 Å². The fourth-order valence-corrected chi connectivity index (χ4v) is 4.30. The molecule has 2 atom stereocenters. The van der Waals surface area contributed by atoms with Gasteiger partial charge in [-0.2, -0.15) is 0 Å². The summed E-state index contributed by atoms with van der Waals surface area (Å²) in [7, 11) is 1.65. The monoisotopic (exact) mass is 343 g/mol. The Morgan fingerprint density at radius 2 is 1.92 bits per heavy atom. The van der Waals surface area contributed by atoms with Crippen molar-refractivity contribution in [1.29, 1.82) is 0 Å². The maximum Gasteiger partial charge on any atom is 0.255 e. The summed E-state index contributed by atoms with van der Waals surface area (Å²) in [4.78, 5) is 41.2. The van der Waals surface area contributed by atoms with Crippen LogP contribution in [0.15, 0.2) is 23.1 Å². The van der Waals surface area contributed by atoms with E-state index in [0.717, 1.165) is 19.4 Å². The minimum atomic E-state index is -0.130. The van der Waals surface area contributed by atoms with Gasteiger partial charge in [0, 0.05) is 45.0 Å². The van der Waals surface area contributed by atoms with Gasteiger partial charge in [-0.3, -0.25) is 14.4 Å². The van der Waals surface area contributed by atoms with Gasteiger partial charge in [0.25, 0.3) is 5.91 Å². The van der Waals surface area contributed by atoms with Crippen molar-refractivity contribution in [2.45, 2.75) is 38.1 Å². The second-order valence-electron chi connectivity index (χ2n) is 7.79. The summed E-state index contributed by atoms with van der Waals surface area (Å²) in [5.74, 6) is 0.733. The number of pyridine rings is 1. The highest BCUT2D eigenvalue weighted by molar-refractivity contribution is 5.94. The molecule has 6 nitrogen and oxygen atoms in total. The van der Waals surface area contributed by atoms with E-state index < -0.39 is 0 Å². The third-order valence-corrected chi connectivity index (χ3v) is 6.09. The lowest BCUT2D eigenvalue weighted by atomic mass is 9.83. The van der Waals surface area contributed by atoms with Gasteiger partial charge in [-0.25, -0.2) is 0 Å². The number of hydrogen-bond acceptors (Lipinski definition) is 3. The van der Waals surface area contributed by atoms with E-state index in [1.54, 1.807) is 19.3 Å². The molecule has 1 aliphatic carbocycles. The van der Waals surface area contributed by atoms with E-state index in [0.29, 0.717) is 24.6 Å². The van der Waals surface area contributed by atoms with Gasteiger partial charge in [0.15, 0.2) is 0 Å². The molecule has 0 spiro atoms. The molecule has 2 bridgehead atoms. The summed E-state index contributed by atoms with van der Waals surface area (Å²) in [6.45, 7) is 1.97. The zero-order valence-corrected chi connectivity index (χ0v) is 14.7. The largest absolute Gasteiger partial charge is 0.337 e. The lowest BCUT2D eigenvalue weighted by molar-refractivity contribution is -0.141. The van der Waals surface area contributed by atoms with Gasteiger partial charge in [0.1, 0.15) is 0 Å². The number of hydrogen-bond donors (Lipinski definition) is 0. The second-order valence-corrected chi connectivity index (χ2v) is 7.79. The Bertz CT molecular complexity index is 753. The topological polar surface area (TPSA) is 62.6 Å². The molecule has 1 aromatic heterocycles. The summed E-state index contributed by atoms with van der Waals surface area (Å²) < 4.78 is 1.42. The fraction of sp³-hybridized carbons (Fsp3) is 0.632. The van der Waals surface area contributed by atoms with Gasteiger partial charge < -0.3 is 14.4 Å². The number of amides is 2. The first kappa shape index (κ1) is 16.4. The number of aromatic nitrogens is 1. The van der Waals surface area contributed by atoms with E-state index in [4.69, 9.17) is 0 Å². The highest BCUT2D eigenvalue weighted by atomic mass is 16.2. The number of fused-ring (bicyclic) bond motifs is 4. The number of rotatable bonds is 3. The Hall–Kier alpha value is -2.11. The molecule has 134 valence electrons. The Morgan fingerprint density at radius 3 is 2.60 bits per heavy atom. The lowest BCUT2D eigenvalue weighted by Crippen LogP contribution is -2.50. The van der Waals surface area contributed by atoms with Crippen molar-refractivity contribution >= 4 is 11.8 Å². The van der Waals surface area contributed by atoms with Crippen molar-refractivity contribution in [1.82, 2.24) is 14.4 Å². The van der Waals surface area contributed by atoms with Crippen LogP contribution in [0.5, 0.6) is 0 Å². The number of aryl methyl sites for hydroxylation is 1. The summed E-state index contributed by atoms with van der Waals surface area (Å²) in [6, 6.07) is 3.15. The predicted octanol–water partition coefficient (Wildman–Crippen LogP) is 1.25. The van der Waals surface area contributed by atoms with E-state index in [-0.39, 0.29) is 29.3 Å². The average Bonchev–Trinajstić information content (AvgIpc) is 2.84. The van der Waals surface area contributed by atoms with E-state index >= 15 is 0 Å². The maximum atomic E-state index is 12.9. The molecule has 25 heavy (non-hydrogen) atoms. The summed E-state index contributed by atoms with van der Waals surface area (Å²) in [5.41, 5.74) is 0.385. The molecule has 4 fully saturated rings. The Balaban J connectivity index is 1.54. The van der Waals surface area contributed by atoms with Crippen LogP contribution in [-0.2, 0) is 11.8 Å². The van der Waals surface area contributed by atoms with Crippen LogP contribution in [-0.4, -0.2) is 51.9 Å². The number of nitrogens with zero attached hydrogens (tertiary/aromatic N) is 3. The van der Waals surface area contributed by atoms with Gasteiger partial charge in [-0.1, -0.05) is 6.42 Å². The van der Waals surface area contributed by atoms with Crippen LogP contribution < -0.4 is 5.56 Å². The van der Waals surface area contributed by atoms with Crippen LogP contribution in [0.3, 0.4) is 0 Å². The molecule has 0 unspecified atom stereocenters. The van der Waals surface area contributed by atoms with Crippen molar-refractivity contribution in [2.24, 2.45) is 18.9 Å². The Labute approximate surface area is 147 Å². The average molecular weight is 343 g/mol. The van der Waals surface area contributed by atoms with Crippen molar-refractivity contribution in [3.63, 3.8) is 0 Å². The van der Waals surface area contributed by atoms with Crippen LogP contribution in [0.2, 0.25) is 0 Å². The summed E-state index contributed by atoms with van der Waals surface area (Å²) in [6.07, 6.45) is 7.18. The molecule has 0 N–H and O–H groups in total. The highest BCUT2D eigenvalue weighted by Crippen LogP contribution is 2.34. The van der Waals surface area contributed by atoms with Crippen molar-refractivity contribution in [3.8, 4) is 0 Å². The summed E-state index contributed by atoms with van der Waals surface area (Å²) in [5, 5.41) is 0. The molecule has 4 aliphatic rings. The zero-order valence-electron chi connectivity index (χ0n) is 14.7. The predicted molar refractivity (Wildman–Crippen MR) is 93.2 cm³/mol. The molecule has 0 aromatic carbocycles. The summed E-state index contributed by atoms with van der Waals surface area (Å²) >= 11 is 0. The van der Waals surface area contributed by atoms with Crippen molar-refractivity contribution in [3.05, 3.63) is 34.2 Å². The third-order valence-electron chi connectivity index (χ3n) is 6.09. The van der Waals surface area contributed by atoms with Crippen molar-refractivity contribution in [2.75, 3.05) is 19.6 Å². The Kier molecular flexibility index (Phi) is 4.13. The van der Waals surface area contributed by atoms with Gasteiger partial charge in [-0.05, 0) is 37.7 Å². The first-order chi connectivity index (χ1) is 12.0. The third kappa shape index (κ3) is 2.98. The van der Waals surface area contributed by atoms with Gasteiger partial charge in [0.2, 0.25) is 11.5 Å². The highest BCUT2D eigenvalue weighted by Gasteiger charge is 2.43. The van der Waals surface area contributed by atoms with Crippen LogP contribution in [0.1, 0.15) is 42.5 Å². The first-order valence-electron chi connectivity index (χ1n) is 9.29. The molecule has 2 amide bonds. The molecule has 6 heteroatoms. The van der Waals surface area contributed by atoms with Gasteiger partial charge in [-0.15, -0.1) is 0 Å². The van der Waals surface area contributed by atoms with Crippen LogP contribution in [0.4, 0.5) is 0 Å². The standard InChI is InChI=1S/C19H25N3O3/c1-20-10-14(6-8-17(20)23)18(24)21-11-15-5-7-16(12-21)22(19(15)25)9-13-3-2-4-13/h6,8,10,13,15-16H,2-5,7,9,11-12H2,1H3/t15-,16+/m1/s1. The molecule has 3 aliphatic heterocycles. The van der Waals surface area contributed by atoms with Crippen LogP contribution in [0, 0.1) is 11.8 Å².